The van der Waals surface area contributed by atoms with Crippen LogP contribution in [-0.4, -0.2) is 55.9 Å². The lowest BCUT2D eigenvalue weighted by molar-refractivity contribution is -0.834. The molecule has 2 heterocycles. The van der Waals surface area contributed by atoms with Crippen LogP contribution in [0.25, 0.3) is 11.1 Å². The van der Waals surface area contributed by atoms with E-state index < -0.39 is 0 Å². The summed E-state index contributed by atoms with van der Waals surface area (Å²) in [5.74, 6) is 1.59. The third-order valence-electron chi connectivity index (χ3n) is 5.71. The fraction of sp³-hybridized carbons (Fsp3) is 0.381. The van der Waals surface area contributed by atoms with Gasteiger partial charge in [-0.2, -0.15) is 0 Å². The van der Waals surface area contributed by atoms with Crippen LogP contribution in [0.5, 0.6) is 11.5 Å². The van der Waals surface area contributed by atoms with Crippen molar-refractivity contribution in [1.82, 2.24) is 0 Å². The fourth-order valence-electron chi connectivity index (χ4n) is 4.17. The van der Waals surface area contributed by atoms with Gasteiger partial charge in [0.05, 0.1) is 19.8 Å². The Morgan fingerprint density at radius 3 is 2.77 bits per heavy atom. The smallest absolute Gasteiger partial charge is 0.283 e. The van der Waals surface area contributed by atoms with Crippen molar-refractivity contribution in [3.63, 3.8) is 0 Å². The fourth-order valence-corrected chi connectivity index (χ4v) is 4.17. The molecule has 1 atom stereocenters. The highest BCUT2D eigenvalue weighted by Crippen LogP contribution is 2.44. The number of carbonyl (C=O) groups is 1. The van der Waals surface area contributed by atoms with Gasteiger partial charge in [0.15, 0.2) is 12.3 Å². The monoisotopic (exact) mass is 352 g/mol. The van der Waals surface area contributed by atoms with Gasteiger partial charge in [0.1, 0.15) is 24.6 Å². The zero-order valence-corrected chi connectivity index (χ0v) is 14.9. The minimum Gasteiger partial charge on any atom is -0.493 e. The first-order valence-corrected chi connectivity index (χ1v) is 9.27. The summed E-state index contributed by atoms with van der Waals surface area (Å²) < 4.78 is 18.4. The molecule has 2 saturated heterocycles. The van der Waals surface area contributed by atoms with E-state index in [2.05, 4.69) is 0 Å². The molecule has 2 aliphatic heterocycles. The van der Waals surface area contributed by atoms with Gasteiger partial charge in [0.2, 0.25) is 0 Å². The summed E-state index contributed by atoms with van der Waals surface area (Å²) in [5, 5.41) is 0. The molecule has 0 bridgehead atoms. The van der Waals surface area contributed by atoms with Gasteiger partial charge in [0, 0.05) is 16.7 Å². The summed E-state index contributed by atoms with van der Waals surface area (Å²) in [6, 6.07) is 11.5. The first-order chi connectivity index (χ1) is 12.7. The maximum absolute atomic E-state index is 12.9. The van der Waals surface area contributed by atoms with Crippen LogP contribution in [0.1, 0.15) is 22.8 Å². The Morgan fingerprint density at radius 2 is 1.96 bits per heavy atom. The first-order valence-electron chi connectivity index (χ1n) is 9.27. The summed E-state index contributed by atoms with van der Waals surface area (Å²) in [6.45, 7) is 7.19. The SMILES string of the molecule is CCOc1cccc2c1-c1ccc(OC3C[N+]34CCOCC4)cc1C2=O. The molecule has 5 nitrogen and oxygen atoms in total. The van der Waals surface area contributed by atoms with Gasteiger partial charge in [-0.05, 0) is 36.8 Å². The maximum Gasteiger partial charge on any atom is 0.283 e. The zero-order valence-electron chi connectivity index (χ0n) is 14.9. The van der Waals surface area contributed by atoms with E-state index in [1.165, 1.54) is 0 Å². The molecule has 2 fully saturated rings. The Hall–Kier alpha value is -2.37. The van der Waals surface area contributed by atoms with Gasteiger partial charge < -0.3 is 14.2 Å². The quantitative estimate of drug-likeness (QED) is 0.535. The summed E-state index contributed by atoms with van der Waals surface area (Å²) in [5.41, 5.74) is 3.27. The third kappa shape index (κ3) is 2.35. The van der Waals surface area contributed by atoms with Gasteiger partial charge in [0.25, 0.3) is 6.23 Å². The molecule has 3 aliphatic rings. The average molecular weight is 352 g/mol. The number of ketones is 1. The molecule has 0 N–H and O–H groups in total. The minimum absolute atomic E-state index is 0.0491. The van der Waals surface area contributed by atoms with Crippen molar-refractivity contribution >= 4 is 5.78 Å². The maximum atomic E-state index is 12.9. The molecule has 5 heteroatoms. The molecular formula is C21H22NO4+. The van der Waals surface area contributed by atoms with Crippen LogP contribution in [0.15, 0.2) is 36.4 Å². The average Bonchev–Trinajstić information content (AvgIpc) is 3.22. The summed E-state index contributed by atoms with van der Waals surface area (Å²) in [6.07, 6.45) is 0.190. The Kier molecular flexibility index (Phi) is 3.55. The number of rotatable bonds is 4. The van der Waals surface area contributed by atoms with Crippen LogP contribution in [0.3, 0.4) is 0 Å². The molecule has 1 spiro atoms. The standard InChI is InChI=1S/C21H22NO4/c1-2-25-18-5-3-4-16-20(18)15-7-6-14(12-17(15)21(16)23)26-19-13-22(19)8-10-24-11-9-22/h3-7,12,19H,2,8-11,13H2,1H3/q+1. The highest BCUT2D eigenvalue weighted by molar-refractivity contribution is 6.22. The highest BCUT2D eigenvalue weighted by atomic mass is 16.5. The molecule has 0 radical (unpaired) electrons. The highest BCUT2D eigenvalue weighted by Gasteiger charge is 2.58. The van der Waals surface area contributed by atoms with E-state index in [4.69, 9.17) is 14.2 Å². The van der Waals surface area contributed by atoms with Gasteiger partial charge in [-0.3, -0.25) is 9.28 Å². The number of morpholine rings is 1. The number of ether oxygens (including phenoxy) is 3. The summed E-state index contributed by atoms with van der Waals surface area (Å²) >= 11 is 0. The van der Waals surface area contributed by atoms with Crippen molar-refractivity contribution in [2.45, 2.75) is 13.2 Å². The van der Waals surface area contributed by atoms with Crippen molar-refractivity contribution in [3.05, 3.63) is 47.5 Å². The van der Waals surface area contributed by atoms with E-state index in [-0.39, 0.29) is 12.0 Å². The Labute approximate surface area is 152 Å². The Balaban J connectivity index is 1.44. The number of hydrogen-bond acceptors (Lipinski definition) is 4. The molecule has 5 rings (SSSR count). The number of fused-ring (bicyclic) bond motifs is 3. The lowest BCUT2D eigenvalue weighted by Gasteiger charge is -2.24. The van der Waals surface area contributed by atoms with Gasteiger partial charge in [-0.1, -0.05) is 12.1 Å². The number of carbonyl (C=O) groups excluding carboxylic acids is 1. The minimum atomic E-state index is 0.0491. The Morgan fingerprint density at radius 1 is 1.12 bits per heavy atom. The van der Waals surface area contributed by atoms with Crippen LogP contribution in [0, 0.1) is 0 Å². The predicted octanol–water partition coefficient (Wildman–Crippen LogP) is 2.86. The van der Waals surface area contributed by atoms with Crippen LogP contribution in [-0.2, 0) is 4.74 Å². The molecule has 26 heavy (non-hydrogen) atoms. The summed E-state index contributed by atoms with van der Waals surface area (Å²) in [4.78, 5) is 12.9. The van der Waals surface area contributed by atoms with Gasteiger partial charge in [-0.25, -0.2) is 0 Å². The molecule has 1 unspecified atom stereocenters. The van der Waals surface area contributed by atoms with E-state index in [0.717, 1.165) is 60.0 Å². The third-order valence-corrected chi connectivity index (χ3v) is 5.71. The van der Waals surface area contributed by atoms with Crippen molar-refractivity contribution in [3.8, 4) is 22.6 Å². The molecule has 0 saturated carbocycles. The predicted molar refractivity (Wildman–Crippen MR) is 96.6 cm³/mol. The van der Waals surface area contributed by atoms with E-state index in [1.807, 2.05) is 43.3 Å². The van der Waals surface area contributed by atoms with Crippen LogP contribution in [0.2, 0.25) is 0 Å². The number of hydrogen-bond donors (Lipinski definition) is 0. The van der Waals surface area contributed by atoms with E-state index in [1.54, 1.807) is 0 Å². The lowest BCUT2D eigenvalue weighted by Crippen LogP contribution is -2.41. The van der Waals surface area contributed by atoms with Crippen LogP contribution in [0.4, 0.5) is 0 Å². The van der Waals surface area contributed by atoms with Crippen molar-refractivity contribution in [2.75, 3.05) is 39.5 Å². The molecule has 2 aromatic carbocycles. The number of benzene rings is 2. The second kappa shape index (κ2) is 5.83. The zero-order chi connectivity index (χ0) is 17.7. The topological polar surface area (TPSA) is 44.8 Å². The molecular weight excluding hydrogens is 330 g/mol. The Bertz CT molecular complexity index is 886. The van der Waals surface area contributed by atoms with E-state index >= 15 is 0 Å². The molecule has 134 valence electrons. The van der Waals surface area contributed by atoms with Crippen LogP contribution < -0.4 is 9.47 Å². The van der Waals surface area contributed by atoms with Crippen molar-refractivity contribution in [1.29, 1.82) is 0 Å². The molecule has 1 aliphatic carbocycles. The van der Waals surface area contributed by atoms with Crippen molar-refractivity contribution in [2.24, 2.45) is 0 Å². The lowest BCUT2D eigenvalue weighted by atomic mass is 10.0. The molecule has 2 aromatic rings. The normalized spacial score (nSPS) is 22.0. The van der Waals surface area contributed by atoms with E-state index in [0.29, 0.717) is 17.7 Å². The van der Waals surface area contributed by atoms with Gasteiger partial charge >= 0.3 is 0 Å². The van der Waals surface area contributed by atoms with Crippen molar-refractivity contribution < 1.29 is 23.5 Å². The largest absolute Gasteiger partial charge is 0.493 e. The number of quaternary nitrogens is 1. The van der Waals surface area contributed by atoms with Gasteiger partial charge in [-0.15, -0.1) is 0 Å². The number of nitrogens with zero attached hydrogens (tertiary/aromatic N) is 1. The van der Waals surface area contributed by atoms with E-state index in [9.17, 15) is 4.79 Å². The second-order valence-corrected chi connectivity index (χ2v) is 7.18. The molecule has 0 amide bonds. The summed E-state index contributed by atoms with van der Waals surface area (Å²) in [7, 11) is 0. The van der Waals surface area contributed by atoms with Crippen LogP contribution >= 0.6 is 0 Å². The first kappa shape index (κ1) is 15.9. The molecule has 0 aromatic heterocycles. The second-order valence-electron chi connectivity index (χ2n) is 7.18.